The molecule has 1 aliphatic rings. The van der Waals surface area contributed by atoms with Crippen LogP contribution in [-0.4, -0.2) is 66.3 Å². The number of nitrogens with zero attached hydrogens (tertiary/aromatic N) is 2. The number of hydrogen-bond donors (Lipinski definition) is 2. The highest BCUT2D eigenvalue weighted by Gasteiger charge is 2.37. The fourth-order valence-electron chi connectivity index (χ4n) is 3.90. The van der Waals surface area contributed by atoms with Crippen LogP contribution in [-0.2, 0) is 0 Å². The van der Waals surface area contributed by atoms with Gasteiger partial charge in [0.1, 0.15) is 22.8 Å². The quantitative estimate of drug-likeness (QED) is 0.547. The average Bonchev–Trinajstić information content (AvgIpc) is 3.11. The number of phenols is 1. The van der Waals surface area contributed by atoms with Crippen LogP contribution in [0.3, 0.4) is 0 Å². The van der Waals surface area contributed by atoms with Crippen LogP contribution in [0, 0.1) is 0 Å². The molecule has 0 bridgehead atoms. The summed E-state index contributed by atoms with van der Waals surface area (Å²) < 4.78 is 10.9. The van der Waals surface area contributed by atoms with E-state index in [1.807, 2.05) is 18.0 Å². The Labute approximate surface area is 170 Å². The van der Waals surface area contributed by atoms with E-state index in [1.165, 1.54) is 20.3 Å². The highest BCUT2D eigenvalue weighted by atomic mass is 16.5. The Morgan fingerprint density at radius 3 is 2.72 bits per heavy atom. The van der Waals surface area contributed by atoms with Gasteiger partial charge in [-0.05, 0) is 43.8 Å². The van der Waals surface area contributed by atoms with Crippen LogP contribution < -0.4 is 9.47 Å². The number of benzene rings is 1. The molecule has 0 spiro atoms. The summed E-state index contributed by atoms with van der Waals surface area (Å²) in [5.41, 5.74) is 1.37. The minimum absolute atomic E-state index is 0.0556. The van der Waals surface area contributed by atoms with Crippen molar-refractivity contribution in [3.8, 4) is 17.2 Å². The molecule has 2 heterocycles. The number of pyridine rings is 1. The van der Waals surface area contributed by atoms with E-state index in [4.69, 9.17) is 9.47 Å². The maximum atomic E-state index is 13.0. The van der Waals surface area contributed by atoms with E-state index in [0.717, 1.165) is 18.5 Å². The van der Waals surface area contributed by atoms with Crippen LogP contribution in [0.1, 0.15) is 33.8 Å². The monoisotopic (exact) mass is 398 g/mol. The highest BCUT2D eigenvalue weighted by molar-refractivity contribution is 6.11. The van der Waals surface area contributed by atoms with Crippen molar-refractivity contribution in [3.63, 3.8) is 0 Å². The zero-order valence-corrected chi connectivity index (χ0v) is 16.8. The molecule has 2 atom stereocenters. The number of aliphatic hydroxyl groups excluding tert-OH is 1. The topological polar surface area (TPSA) is 92.1 Å². The summed E-state index contributed by atoms with van der Waals surface area (Å²) >= 11 is 0. The number of ether oxygens (including phenoxy) is 2. The number of likely N-dealkylation sites (tertiary alicyclic amines) is 1. The molecule has 0 amide bonds. The van der Waals surface area contributed by atoms with Crippen LogP contribution in [0.4, 0.5) is 0 Å². The molecule has 0 radical (unpaired) electrons. The fraction of sp³-hybridized carbons (Fsp3) is 0.364. The van der Waals surface area contributed by atoms with Gasteiger partial charge in [0.05, 0.1) is 20.8 Å². The molecule has 1 fully saturated rings. The van der Waals surface area contributed by atoms with Gasteiger partial charge in [0, 0.05) is 36.0 Å². The van der Waals surface area contributed by atoms with Crippen LogP contribution in [0.25, 0.3) is 6.08 Å². The zero-order valence-electron chi connectivity index (χ0n) is 16.8. The molecule has 0 aliphatic carbocycles. The summed E-state index contributed by atoms with van der Waals surface area (Å²) in [4.78, 5) is 19.0. The first-order valence-corrected chi connectivity index (χ1v) is 9.43. The summed E-state index contributed by atoms with van der Waals surface area (Å²) in [5.74, 6) is -0.0544. The molecule has 1 saturated heterocycles. The number of aromatic nitrogens is 1. The standard InChI is InChI=1S/C22H26N2O5/c1-24-10-8-15(16(24)13-25)20-18(28-2)11-19(29-3)21(22(20)27)17(26)7-6-14-5-4-9-23-12-14/h4-7,9,11-12,15-16,25,27H,8,10,13H2,1-3H3/b7-6+. The number of likely N-dealkylation sites (N-methyl/N-ethyl adjacent to an activating group) is 1. The molecule has 0 saturated carbocycles. The first-order valence-electron chi connectivity index (χ1n) is 9.43. The van der Waals surface area contributed by atoms with Gasteiger partial charge < -0.3 is 24.6 Å². The van der Waals surface area contributed by atoms with Gasteiger partial charge in [0.15, 0.2) is 5.78 Å². The van der Waals surface area contributed by atoms with Gasteiger partial charge in [-0.15, -0.1) is 0 Å². The lowest BCUT2D eigenvalue weighted by Crippen LogP contribution is -2.32. The molecule has 154 valence electrons. The molecule has 2 unspecified atom stereocenters. The van der Waals surface area contributed by atoms with Crippen molar-refractivity contribution < 1.29 is 24.5 Å². The molecule has 1 aliphatic heterocycles. The number of carbonyl (C=O) groups is 1. The number of hydrogen-bond acceptors (Lipinski definition) is 7. The van der Waals surface area contributed by atoms with Crippen molar-refractivity contribution in [2.45, 2.75) is 18.4 Å². The second kappa shape index (κ2) is 9.07. The Balaban J connectivity index is 2.07. The summed E-state index contributed by atoms with van der Waals surface area (Å²) in [6.45, 7) is 0.717. The van der Waals surface area contributed by atoms with E-state index in [0.29, 0.717) is 11.3 Å². The summed E-state index contributed by atoms with van der Waals surface area (Å²) in [5, 5.41) is 21.0. The molecular formula is C22H26N2O5. The molecule has 3 rings (SSSR count). The third-order valence-corrected chi connectivity index (χ3v) is 5.45. The number of allylic oxidation sites excluding steroid dienone is 1. The SMILES string of the molecule is COc1cc(OC)c(C2CCN(C)C2CO)c(O)c1C(=O)/C=C/c1cccnc1. The smallest absolute Gasteiger partial charge is 0.193 e. The molecular weight excluding hydrogens is 372 g/mol. The largest absolute Gasteiger partial charge is 0.507 e. The van der Waals surface area contributed by atoms with Crippen LogP contribution in [0.5, 0.6) is 17.2 Å². The molecule has 2 aromatic rings. The molecule has 7 nitrogen and oxygen atoms in total. The van der Waals surface area contributed by atoms with E-state index < -0.39 is 0 Å². The summed E-state index contributed by atoms with van der Waals surface area (Å²) in [6.07, 6.45) is 7.05. The number of aliphatic hydroxyl groups is 1. The van der Waals surface area contributed by atoms with Crippen molar-refractivity contribution in [3.05, 3.63) is 53.4 Å². The van der Waals surface area contributed by atoms with Crippen LogP contribution >= 0.6 is 0 Å². The summed E-state index contributed by atoms with van der Waals surface area (Å²) in [7, 11) is 4.88. The number of phenolic OH excluding ortho intramolecular Hbond substituents is 1. The van der Waals surface area contributed by atoms with Crippen molar-refractivity contribution in [2.24, 2.45) is 0 Å². The predicted octanol–water partition coefficient (Wildman–Crippen LogP) is 2.48. The van der Waals surface area contributed by atoms with E-state index in [9.17, 15) is 15.0 Å². The Bertz CT molecular complexity index is 898. The van der Waals surface area contributed by atoms with Gasteiger partial charge in [-0.1, -0.05) is 6.07 Å². The van der Waals surface area contributed by atoms with E-state index in [2.05, 4.69) is 4.98 Å². The predicted molar refractivity (Wildman–Crippen MR) is 110 cm³/mol. The maximum Gasteiger partial charge on any atom is 0.193 e. The van der Waals surface area contributed by atoms with Crippen molar-refractivity contribution in [2.75, 3.05) is 34.4 Å². The maximum absolute atomic E-state index is 13.0. The second-order valence-electron chi connectivity index (χ2n) is 7.03. The Morgan fingerprint density at radius 2 is 2.10 bits per heavy atom. The Hall–Kier alpha value is -2.90. The van der Waals surface area contributed by atoms with E-state index in [1.54, 1.807) is 30.6 Å². The van der Waals surface area contributed by atoms with Gasteiger partial charge in [-0.25, -0.2) is 0 Å². The van der Waals surface area contributed by atoms with Gasteiger partial charge in [0.2, 0.25) is 0 Å². The number of carbonyl (C=O) groups excluding carboxylic acids is 1. The summed E-state index contributed by atoms with van der Waals surface area (Å²) in [6, 6.07) is 5.05. The van der Waals surface area contributed by atoms with Crippen LogP contribution in [0.15, 0.2) is 36.7 Å². The lowest BCUT2D eigenvalue weighted by molar-refractivity contribution is 0.104. The third kappa shape index (κ3) is 4.11. The van der Waals surface area contributed by atoms with Gasteiger partial charge in [-0.3, -0.25) is 9.78 Å². The van der Waals surface area contributed by atoms with Gasteiger partial charge in [-0.2, -0.15) is 0 Å². The number of ketones is 1. The van der Waals surface area contributed by atoms with Crippen molar-refractivity contribution in [1.82, 2.24) is 9.88 Å². The number of rotatable bonds is 7. The lowest BCUT2D eigenvalue weighted by atomic mass is 9.87. The molecule has 7 heteroatoms. The number of methoxy groups -OCH3 is 2. The highest BCUT2D eigenvalue weighted by Crippen LogP contribution is 2.47. The lowest BCUT2D eigenvalue weighted by Gasteiger charge is -2.26. The normalized spacial score (nSPS) is 19.6. The first kappa shape index (κ1) is 20.8. The average molecular weight is 398 g/mol. The Kier molecular flexibility index (Phi) is 6.51. The van der Waals surface area contributed by atoms with Crippen molar-refractivity contribution >= 4 is 11.9 Å². The Morgan fingerprint density at radius 1 is 1.34 bits per heavy atom. The minimum Gasteiger partial charge on any atom is -0.507 e. The first-order chi connectivity index (χ1) is 14.0. The molecule has 2 N–H and O–H groups in total. The molecule has 1 aromatic heterocycles. The minimum atomic E-state index is -0.390. The number of aromatic hydroxyl groups is 1. The van der Waals surface area contributed by atoms with E-state index >= 15 is 0 Å². The fourth-order valence-corrected chi connectivity index (χ4v) is 3.90. The zero-order chi connectivity index (χ0) is 21.0. The second-order valence-corrected chi connectivity index (χ2v) is 7.03. The van der Waals surface area contributed by atoms with Gasteiger partial charge in [0.25, 0.3) is 0 Å². The molecule has 1 aromatic carbocycles. The van der Waals surface area contributed by atoms with Gasteiger partial charge >= 0.3 is 0 Å². The van der Waals surface area contributed by atoms with Crippen molar-refractivity contribution in [1.29, 1.82) is 0 Å². The van der Waals surface area contributed by atoms with E-state index in [-0.39, 0.29) is 41.4 Å². The third-order valence-electron chi connectivity index (χ3n) is 5.45. The van der Waals surface area contributed by atoms with Crippen LogP contribution in [0.2, 0.25) is 0 Å². The molecule has 29 heavy (non-hydrogen) atoms.